The number of rotatable bonds is 10. The Hall–Kier alpha value is -3.00. The molecule has 0 atom stereocenters. The van der Waals surface area contributed by atoms with E-state index >= 15 is 0 Å². The van der Waals surface area contributed by atoms with E-state index in [1.807, 2.05) is 12.1 Å². The van der Waals surface area contributed by atoms with Crippen LogP contribution >= 0.6 is 7.60 Å². The number of carbonyl (C=O) groups is 2. The fourth-order valence-corrected chi connectivity index (χ4v) is 4.85. The van der Waals surface area contributed by atoms with Crippen LogP contribution in [0, 0.1) is 0 Å². The van der Waals surface area contributed by atoms with Gasteiger partial charge in [-0.2, -0.15) is 0 Å². The van der Waals surface area contributed by atoms with Crippen molar-refractivity contribution in [2.45, 2.75) is 26.9 Å². The van der Waals surface area contributed by atoms with E-state index in [1.165, 1.54) is 6.20 Å². The Labute approximate surface area is 186 Å². The molecular formula is C22H26N3O6P. The SMILES string of the molecule is CCOC(=O)c1cnc2c(c1)C(=CNc1ccc(CP(=O)(OCC)OCC)cc1)C(=O)N2. The minimum Gasteiger partial charge on any atom is -0.462 e. The summed E-state index contributed by atoms with van der Waals surface area (Å²) in [6.07, 6.45) is 3.10. The first-order valence-electron chi connectivity index (χ1n) is 10.3. The van der Waals surface area contributed by atoms with E-state index in [-0.39, 0.29) is 24.2 Å². The second-order valence-electron chi connectivity index (χ2n) is 6.80. The van der Waals surface area contributed by atoms with Gasteiger partial charge in [-0.25, -0.2) is 9.78 Å². The zero-order chi connectivity index (χ0) is 23.1. The standard InChI is InChI=1S/C22H26N3O6P/c1-4-29-22(27)16-11-18-19(21(26)25-20(18)24-12-16)13-23-17-9-7-15(8-10-17)14-32(28,30-5-2)31-6-3/h7-13,23H,4-6,14H2,1-3H3,(H,24,25,26). The van der Waals surface area contributed by atoms with Crippen molar-refractivity contribution in [1.82, 2.24) is 4.98 Å². The molecule has 32 heavy (non-hydrogen) atoms. The molecule has 1 aromatic carbocycles. The predicted molar refractivity (Wildman–Crippen MR) is 121 cm³/mol. The third-order valence-corrected chi connectivity index (χ3v) is 6.59. The first kappa shape index (κ1) is 23.7. The molecule has 0 radical (unpaired) electrons. The van der Waals surface area contributed by atoms with Crippen LogP contribution < -0.4 is 10.6 Å². The van der Waals surface area contributed by atoms with E-state index in [0.29, 0.717) is 30.2 Å². The molecule has 0 saturated heterocycles. The maximum atomic E-state index is 12.7. The zero-order valence-electron chi connectivity index (χ0n) is 18.2. The van der Waals surface area contributed by atoms with Crippen LogP contribution in [0.25, 0.3) is 5.57 Å². The summed E-state index contributed by atoms with van der Waals surface area (Å²) in [6.45, 7) is 6.12. The molecule has 9 nitrogen and oxygen atoms in total. The Bertz CT molecular complexity index is 1060. The number of hydrogen-bond acceptors (Lipinski definition) is 8. The van der Waals surface area contributed by atoms with Crippen LogP contribution in [0.15, 0.2) is 42.7 Å². The fraction of sp³-hybridized carbons (Fsp3) is 0.318. The second kappa shape index (κ2) is 10.5. The summed E-state index contributed by atoms with van der Waals surface area (Å²) in [6, 6.07) is 8.81. The fourth-order valence-electron chi connectivity index (χ4n) is 3.14. The van der Waals surface area contributed by atoms with Crippen molar-refractivity contribution in [3.63, 3.8) is 0 Å². The number of nitrogens with one attached hydrogen (secondary N) is 2. The molecule has 2 heterocycles. The Kier molecular flexibility index (Phi) is 7.80. The molecule has 10 heteroatoms. The van der Waals surface area contributed by atoms with Crippen molar-refractivity contribution in [2.24, 2.45) is 0 Å². The summed E-state index contributed by atoms with van der Waals surface area (Å²) in [4.78, 5) is 28.5. The maximum absolute atomic E-state index is 12.7. The molecule has 3 rings (SSSR count). The van der Waals surface area contributed by atoms with Gasteiger partial charge < -0.3 is 24.4 Å². The highest BCUT2D eigenvalue weighted by molar-refractivity contribution is 7.53. The maximum Gasteiger partial charge on any atom is 0.339 e. The summed E-state index contributed by atoms with van der Waals surface area (Å²) >= 11 is 0. The predicted octanol–water partition coefficient (Wildman–Crippen LogP) is 4.43. The van der Waals surface area contributed by atoms with Crippen LogP contribution in [-0.2, 0) is 29.3 Å². The molecule has 0 unspecified atom stereocenters. The molecule has 2 aromatic rings. The minimum absolute atomic E-state index is 0.175. The Morgan fingerprint density at radius 1 is 1.12 bits per heavy atom. The summed E-state index contributed by atoms with van der Waals surface area (Å²) in [5.74, 6) is -0.442. The highest BCUT2D eigenvalue weighted by atomic mass is 31.2. The average molecular weight is 459 g/mol. The number of hydrogen-bond donors (Lipinski definition) is 2. The highest BCUT2D eigenvalue weighted by Crippen LogP contribution is 2.51. The molecule has 0 bridgehead atoms. The van der Waals surface area contributed by atoms with Crippen LogP contribution in [0.4, 0.5) is 11.5 Å². The first-order valence-corrected chi connectivity index (χ1v) is 12.0. The van der Waals surface area contributed by atoms with E-state index < -0.39 is 13.6 Å². The molecule has 2 N–H and O–H groups in total. The van der Waals surface area contributed by atoms with Gasteiger partial charge in [-0.15, -0.1) is 0 Å². The lowest BCUT2D eigenvalue weighted by Gasteiger charge is -2.17. The van der Waals surface area contributed by atoms with E-state index in [4.69, 9.17) is 13.8 Å². The summed E-state index contributed by atoms with van der Waals surface area (Å²) in [7, 11) is -3.18. The first-order chi connectivity index (χ1) is 15.4. The average Bonchev–Trinajstić information content (AvgIpc) is 3.08. The Morgan fingerprint density at radius 2 is 1.81 bits per heavy atom. The molecule has 1 aromatic heterocycles. The lowest BCUT2D eigenvalue weighted by molar-refractivity contribution is -0.110. The molecule has 0 spiro atoms. The van der Waals surface area contributed by atoms with Crippen LogP contribution in [0.2, 0.25) is 0 Å². The number of amides is 1. The Balaban J connectivity index is 1.74. The van der Waals surface area contributed by atoms with Crippen molar-refractivity contribution in [3.05, 3.63) is 59.4 Å². The molecule has 170 valence electrons. The topological polar surface area (TPSA) is 116 Å². The van der Waals surface area contributed by atoms with Gasteiger partial charge in [0.15, 0.2) is 0 Å². The number of carbonyl (C=O) groups excluding carboxylic acids is 2. The van der Waals surface area contributed by atoms with E-state index in [1.54, 1.807) is 45.2 Å². The number of nitrogens with zero attached hydrogens (tertiary/aromatic N) is 1. The molecule has 0 saturated carbocycles. The lowest BCUT2D eigenvalue weighted by atomic mass is 10.1. The van der Waals surface area contributed by atoms with E-state index in [9.17, 15) is 14.2 Å². The van der Waals surface area contributed by atoms with Gasteiger partial charge in [0.25, 0.3) is 5.91 Å². The van der Waals surface area contributed by atoms with Gasteiger partial charge in [-0.1, -0.05) is 12.1 Å². The van der Waals surface area contributed by atoms with Gasteiger partial charge in [-0.05, 0) is 44.5 Å². The van der Waals surface area contributed by atoms with Gasteiger partial charge >= 0.3 is 13.6 Å². The van der Waals surface area contributed by atoms with Crippen molar-refractivity contribution in [2.75, 3.05) is 30.5 Å². The van der Waals surface area contributed by atoms with E-state index in [0.717, 1.165) is 11.3 Å². The molecular weight excluding hydrogens is 433 g/mol. The molecule has 0 aliphatic carbocycles. The quantitative estimate of drug-likeness (QED) is 0.305. The van der Waals surface area contributed by atoms with Crippen LogP contribution in [0.1, 0.15) is 42.3 Å². The van der Waals surface area contributed by atoms with Crippen molar-refractivity contribution in [3.8, 4) is 0 Å². The van der Waals surface area contributed by atoms with Crippen LogP contribution in [0.3, 0.4) is 0 Å². The van der Waals surface area contributed by atoms with Gasteiger partial charge in [0.2, 0.25) is 0 Å². The number of anilines is 2. The third kappa shape index (κ3) is 5.62. The Morgan fingerprint density at radius 3 is 2.44 bits per heavy atom. The van der Waals surface area contributed by atoms with E-state index in [2.05, 4.69) is 15.6 Å². The van der Waals surface area contributed by atoms with Crippen molar-refractivity contribution in [1.29, 1.82) is 0 Å². The van der Waals surface area contributed by atoms with Gasteiger partial charge in [-0.3, -0.25) is 9.36 Å². The number of ether oxygens (including phenoxy) is 1. The van der Waals surface area contributed by atoms with Crippen LogP contribution in [-0.4, -0.2) is 36.7 Å². The van der Waals surface area contributed by atoms with Crippen molar-refractivity contribution < 1.29 is 27.9 Å². The zero-order valence-corrected chi connectivity index (χ0v) is 19.1. The molecule has 1 aliphatic rings. The largest absolute Gasteiger partial charge is 0.462 e. The van der Waals surface area contributed by atoms with Gasteiger partial charge in [0, 0.05) is 23.6 Å². The van der Waals surface area contributed by atoms with Gasteiger partial charge in [0.05, 0.1) is 37.1 Å². The number of esters is 1. The summed E-state index contributed by atoms with van der Waals surface area (Å²) in [5, 5.41) is 5.75. The smallest absolute Gasteiger partial charge is 0.339 e. The lowest BCUT2D eigenvalue weighted by Crippen LogP contribution is -2.06. The summed E-state index contributed by atoms with van der Waals surface area (Å²) in [5.41, 5.74) is 2.66. The van der Waals surface area contributed by atoms with Crippen LogP contribution in [0.5, 0.6) is 0 Å². The molecule has 1 amide bonds. The monoisotopic (exact) mass is 459 g/mol. The highest BCUT2D eigenvalue weighted by Gasteiger charge is 2.27. The van der Waals surface area contributed by atoms with Crippen molar-refractivity contribution >= 4 is 36.6 Å². The van der Waals surface area contributed by atoms with Gasteiger partial charge in [0.1, 0.15) is 5.82 Å². The number of pyridine rings is 1. The third-order valence-electron chi connectivity index (χ3n) is 4.53. The normalized spacial score (nSPS) is 14.2. The molecule has 0 fully saturated rings. The minimum atomic E-state index is -3.18. The second-order valence-corrected chi connectivity index (χ2v) is 8.85. The molecule has 1 aliphatic heterocycles. The number of fused-ring (bicyclic) bond motifs is 1. The summed E-state index contributed by atoms with van der Waals surface area (Å²) < 4.78 is 28.3. The number of aromatic nitrogens is 1. The number of benzene rings is 1.